The quantitative estimate of drug-likeness (QED) is 0.551. The molecule has 0 aromatic carbocycles. The van der Waals surface area contributed by atoms with Crippen LogP contribution in [-0.2, 0) is 0 Å². The summed E-state index contributed by atoms with van der Waals surface area (Å²) in [5, 5.41) is 0. The van der Waals surface area contributed by atoms with E-state index in [9.17, 15) is 0 Å². The van der Waals surface area contributed by atoms with E-state index in [0.717, 1.165) is 5.92 Å². The Morgan fingerprint density at radius 1 is 1.31 bits per heavy atom. The number of rotatable bonds is 1. The molecule has 1 atom stereocenters. The van der Waals surface area contributed by atoms with Crippen LogP contribution >= 0.6 is 11.6 Å². The lowest BCUT2D eigenvalue weighted by atomic mass is 9.95. The van der Waals surface area contributed by atoms with Crippen LogP contribution in [0.3, 0.4) is 0 Å². The number of hydrogen-bond donors (Lipinski definition) is 0. The predicted octanol–water partition coefficient (Wildman–Crippen LogP) is 4.31. The summed E-state index contributed by atoms with van der Waals surface area (Å²) in [5.74, 6) is 1.39. The van der Waals surface area contributed by atoms with Crippen molar-refractivity contribution in [3.63, 3.8) is 0 Å². The van der Waals surface area contributed by atoms with Gasteiger partial charge in [0, 0.05) is 5.88 Å². The molecule has 0 N–H and O–H groups in total. The Kier molecular flexibility index (Phi) is 3.61. The molecule has 1 aliphatic carbocycles. The van der Waals surface area contributed by atoms with Crippen molar-refractivity contribution in [2.24, 2.45) is 5.92 Å². The zero-order valence-electron chi connectivity index (χ0n) is 9.08. The first-order valence-corrected chi connectivity index (χ1v) is 5.53. The highest BCUT2D eigenvalue weighted by Gasteiger charge is 2.16. The Bertz CT molecular complexity index is 258. The molecule has 74 valence electrons. The van der Waals surface area contributed by atoms with Gasteiger partial charge in [-0.15, -0.1) is 11.6 Å². The van der Waals surface area contributed by atoms with Crippen molar-refractivity contribution in [1.29, 1.82) is 0 Å². The van der Waals surface area contributed by atoms with Gasteiger partial charge in [-0.05, 0) is 50.7 Å². The highest BCUT2D eigenvalue weighted by molar-refractivity contribution is 6.19. The molecule has 0 spiro atoms. The largest absolute Gasteiger partial charge is 0.122 e. The van der Waals surface area contributed by atoms with Crippen LogP contribution in [0.25, 0.3) is 0 Å². The van der Waals surface area contributed by atoms with Crippen LogP contribution in [0, 0.1) is 5.92 Å². The molecule has 0 radical (unpaired) electrons. The maximum atomic E-state index is 5.96. The monoisotopic (exact) mass is 198 g/mol. The molecule has 0 aromatic heterocycles. The smallest absolute Gasteiger partial charge is 0.0476 e. The van der Waals surface area contributed by atoms with Gasteiger partial charge in [0.25, 0.3) is 0 Å². The second kappa shape index (κ2) is 4.32. The lowest BCUT2D eigenvalue weighted by Crippen LogP contribution is -1.97. The summed E-state index contributed by atoms with van der Waals surface area (Å²) in [7, 11) is 0. The first-order valence-electron chi connectivity index (χ1n) is 5.00. The number of alkyl halides is 1. The molecule has 0 aliphatic heterocycles. The fourth-order valence-electron chi connectivity index (χ4n) is 1.94. The third-order valence-corrected chi connectivity index (χ3v) is 3.65. The lowest BCUT2D eigenvalue weighted by Gasteiger charge is -2.12. The van der Waals surface area contributed by atoms with Gasteiger partial charge in [-0.2, -0.15) is 0 Å². The van der Waals surface area contributed by atoms with Crippen molar-refractivity contribution in [1.82, 2.24) is 0 Å². The highest BCUT2D eigenvalue weighted by atomic mass is 35.5. The highest BCUT2D eigenvalue weighted by Crippen LogP contribution is 2.32. The van der Waals surface area contributed by atoms with Crippen molar-refractivity contribution in [3.8, 4) is 0 Å². The van der Waals surface area contributed by atoms with Gasteiger partial charge in [0.15, 0.2) is 0 Å². The molecule has 0 fully saturated rings. The van der Waals surface area contributed by atoms with Gasteiger partial charge in [-0.3, -0.25) is 0 Å². The second-order valence-electron chi connectivity index (χ2n) is 4.14. The zero-order valence-corrected chi connectivity index (χ0v) is 9.83. The first-order chi connectivity index (χ1) is 6.07. The fraction of sp³-hybridized carbons (Fsp3) is 0.667. The lowest BCUT2D eigenvalue weighted by molar-refractivity contribution is 0.614. The van der Waals surface area contributed by atoms with E-state index in [1.807, 2.05) is 0 Å². The third kappa shape index (κ3) is 2.17. The number of halogens is 1. The summed E-state index contributed by atoms with van der Waals surface area (Å²) in [4.78, 5) is 0. The van der Waals surface area contributed by atoms with Gasteiger partial charge in [-0.1, -0.05) is 18.1 Å². The Hall–Kier alpha value is -0.230. The molecule has 1 rings (SSSR count). The molecule has 0 heterocycles. The van der Waals surface area contributed by atoms with Gasteiger partial charge in [0.1, 0.15) is 0 Å². The van der Waals surface area contributed by atoms with Crippen molar-refractivity contribution in [2.45, 2.75) is 40.5 Å². The third-order valence-electron chi connectivity index (χ3n) is 3.38. The molecule has 1 aliphatic rings. The van der Waals surface area contributed by atoms with Gasteiger partial charge in [0.2, 0.25) is 0 Å². The molecule has 1 unspecified atom stereocenters. The average molecular weight is 199 g/mol. The molecular formula is C12H19Cl. The van der Waals surface area contributed by atoms with Crippen LogP contribution < -0.4 is 0 Å². The first kappa shape index (κ1) is 10.8. The van der Waals surface area contributed by atoms with E-state index in [0.29, 0.717) is 5.88 Å². The number of hydrogen-bond acceptors (Lipinski definition) is 0. The molecule has 0 bridgehead atoms. The Morgan fingerprint density at radius 3 is 2.46 bits per heavy atom. The van der Waals surface area contributed by atoms with E-state index in [-0.39, 0.29) is 0 Å². The van der Waals surface area contributed by atoms with Crippen molar-refractivity contribution < 1.29 is 0 Å². The van der Waals surface area contributed by atoms with Crippen LogP contribution in [0.4, 0.5) is 0 Å². The van der Waals surface area contributed by atoms with E-state index in [1.54, 1.807) is 0 Å². The Balaban J connectivity index is 3.10. The Labute approximate surface area is 86.7 Å². The van der Waals surface area contributed by atoms with Gasteiger partial charge in [-0.25, -0.2) is 0 Å². The van der Waals surface area contributed by atoms with E-state index >= 15 is 0 Å². The molecule has 0 saturated carbocycles. The standard InChI is InChI=1S/C12H19Cl/c1-8-5-6-9(2)12(7-13)11(4)10(8)3/h8H,5-7H2,1-4H3. The number of allylic oxidation sites excluding steroid dienone is 4. The second-order valence-corrected chi connectivity index (χ2v) is 4.41. The minimum atomic E-state index is 0.668. The maximum Gasteiger partial charge on any atom is 0.0476 e. The predicted molar refractivity (Wildman–Crippen MR) is 60.2 cm³/mol. The minimum absolute atomic E-state index is 0.668. The van der Waals surface area contributed by atoms with Crippen molar-refractivity contribution in [3.05, 3.63) is 22.3 Å². The topological polar surface area (TPSA) is 0 Å². The normalized spacial score (nSPS) is 25.2. The molecular weight excluding hydrogens is 180 g/mol. The Morgan fingerprint density at radius 2 is 1.92 bits per heavy atom. The van der Waals surface area contributed by atoms with Crippen LogP contribution in [-0.4, -0.2) is 5.88 Å². The summed E-state index contributed by atoms with van der Waals surface area (Å²) in [5.41, 5.74) is 5.81. The summed E-state index contributed by atoms with van der Waals surface area (Å²) in [6.07, 6.45) is 2.48. The maximum absolute atomic E-state index is 5.96. The van der Waals surface area contributed by atoms with E-state index in [1.165, 1.54) is 35.1 Å². The summed E-state index contributed by atoms with van der Waals surface area (Å²) < 4.78 is 0. The van der Waals surface area contributed by atoms with Crippen molar-refractivity contribution in [2.75, 3.05) is 5.88 Å². The van der Waals surface area contributed by atoms with E-state index in [4.69, 9.17) is 11.6 Å². The van der Waals surface area contributed by atoms with Crippen molar-refractivity contribution >= 4 is 11.6 Å². The van der Waals surface area contributed by atoms with Gasteiger partial charge < -0.3 is 0 Å². The summed E-state index contributed by atoms with van der Waals surface area (Å²) in [6, 6.07) is 0. The van der Waals surface area contributed by atoms with Crippen LogP contribution in [0.1, 0.15) is 40.5 Å². The van der Waals surface area contributed by atoms with Gasteiger partial charge >= 0.3 is 0 Å². The van der Waals surface area contributed by atoms with E-state index in [2.05, 4.69) is 27.7 Å². The van der Waals surface area contributed by atoms with Crippen LogP contribution in [0.2, 0.25) is 0 Å². The summed E-state index contributed by atoms with van der Waals surface area (Å²) >= 11 is 5.96. The molecule has 0 aromatic rings. The fourth-order valence-corrected chi connectivity index (χ4v) is 2.37. The SMILES string of the molecule is CC1=C(CCl)C(C)=C(C)C(C)CC1. The average Bonchev–Trinajstić information content (AvgIpc) is 2.20. The molecule has 0 saturated heterocycles. The van der Waals surface area contributed by atoms with Crippen LogP contribution in [0.5, 0.6) is 0 Å². The van der Waals surface area contributed by atoms with Gasteiger partial charge in [0.05, 0.1) is 0 Å². The molecule has 13 heavy (non-hydrogen) atoms. The van der Waals surface area contributed by atoms with Crippen LogP contribution in [0.15, 0.2) is 22.3 Å². The minimum Gasteiger partial charge on any atom is -0.122 e. The zero-order chi connectivity index (χ0) is 10.0. The molecule has 0 amide bonds. The molecule has 1 heteroatoms. The van der Waals surface area contributed by atoms with E-state index < -0.39 is 0 Å². The summed E-state index contributed by atoms with van der Waals surface area (Å²) in [6.45, 7) is 8.97. The molecule has 0 nitrogen and oxygen atoms in total.